The molecule has 6 heteroatoms. The van der Waals surface area contributed by atoms with Gasteiger partial charge in [-0.05, 0) is 24.3 Å². The van der Waals surface area contributed by atoms with Crippen LogP contribution in [0.25, 0.3) is 0 Å². The predicted octanol–water partition coefficient (Wildman–Crippen LogP) is 1.55. The topological polar surface area (TPSA) is 72.9 Å². The molecule has 2 N–H and O–H groups in total. The smallest absolute Gasteiger partial charge is 0.330 e. The van der Waals surface area contributed by atoms with Crippen LogP contribution in [0, 0.1) is 5.92 Å². The van der Waals surface area contributed by atoms with Crippen LogP contribution in [-0.4, -0.2) is 59.6 Å². The molecule has 1 aromatic rings. The first-order chi connectivity index (χ1) is 11.1. The van der Waals surface area contributed by atoms with Crippen molar-refractivity contribution in [3.05, 3.63) is 35.9 Å². The van der Waals surface area contributed by atoms with Crippen LogP contribution in [0.2, 0.25) is 0 Å². The van der Waals surface area contributed by atoms with Gasteiger partial charge in [0.1, 0.15) is 0 Å². The van der Waals surface area contributed by atoms with Crippen molar-refractivity contribution in [1.29, 1.82) is 0 Å². The summed E-state index contributed by atoms with van der Waals surface area (Å²) in [6.45, 7) is 4.18. The fraction of sp³-hybridized carbons (Fsp3) is 0.529. The molecule has 1 aliphatic carbocycles. The Morgan fingerprint density at radius 2 is 1.78 bits per heavy atom. The minimum absolute atomic E-state index is 0.299. The highest BCUT2D eigenvalue weighted by molar-refractivity contribution is 5.83. The molecule has 1 saturated heterocycles. The molecule has 6 nitrogen and oxygen atoms in total. The highest BCUT2D eigenvalue weighted by Gasteiger charge is 2.29. The van der Waals surface area contributed by atoms with Crippen molar-refractivity contribution >= 4 is 12.0 Å². The van der Waals surface area contributed by atoms with Gasteiger partial charge in [0.15, 0.2) is 6.04 Å². The van der Waals surface area contributed by atoms with Crippen molar-refractivity contribution < 1.29 is 14.7 Å². The highest BCUT2D eigenvalue weighted by Crippen LogP contribution is 2.29. The lowest BCUT2D eigenvalue weighted by Gasteiger charge is -2.35. The number of carboxylic acid groups (broad SMARTS) is 1. The Labute approximate surface area is 136 Å². The second-order valence-corrected chi connectivity index (χ2v) is 6.36. The van der Waals surface area contributed by atoms with Crippen molar-refractivity contribution in [2.45, 2.75) is 18.9 Å². The SMILES string of the molecule is O=C(O)C(NC(=O)N1CCN(CC2CC2)CC1)c1ccccc1. The quantitative estimate of drug-likeness (QED) is 0.864. The Balaban J connectivity index is 1.54. The van der Waals surface area contributed by atoms with Gasteiger partial charge in [-0.2, -0.15) is 0 Å². The molecule has 1 saturated carbocycles. The molecule has 1 unspecified atom stereocenters. The summed E-state index contributed by atoms with van der Waals surface area (Å²) in [5.41, 5.74) is 0.584. The number of piperazine rings is 1. The number of nitrogens with zero attached hydrogens (tertiary/aromatic N) is 2. The summed E-state index contributed by atoms with van der Waals surface area (Å²) in [6, 6.07) is 7.49. The van der Waals surface area contributed by atoms with Crippen molar-refractivity contribution in [2.24, 2.45) is 5.92 Å². The van der Waals surface area contributed by atoms with E-state index >= 15 is 0 Å². The first kappa shape index (κ1) is 15.8. The highest BCUT2D eigenvalue weighted by atomic mass is 16.4. The zero-order valence-electron chi connectivity index (χ0n) is 13.1. The number of hydrogen-bond donors (Lipinski definition) is 2. The van der Waals surface area contributed by atoms with E-state index in [2.05, 4.69) is 10.2 Å². The van der Waals surface area contributed by atoms with Gasteiger partial charge in [0, 0.05) is 32.7 Å². The van der Waals surface area contributed by atoms with Crippen molar-refractivity contribution in [1.82, 2.24) is 15.1 Å². The van der Waals surface area contributed by atoms with E-state index in [1.165, 1.54) is 12.8 Å². The fourth-order valence-corrected chi connectivity index (χ4v) is 2.95. The van der Waals surface area contributed by atoms with Gasteiger partial charge in [0.2, 0.25) is 0 Å². The van der Waals surface area contributed by atoms with Gasteiger partial charge in [-0.3, -0.25) is 4.90 Å². The number of nitrogens with one attached hydrogen (secondary N) is 1. The van der Waals surface area contributed by atoms with E-state index in [0.29, 0.717) is 18.7 Å². The number of benzene rings is 1. The number of amides is 2. The molecule has 0 aromatic heterocycles. The molecule has 0 spiro atoms. The average Bonchev–Trinajstić information content (AvgIpc) is 3.37. The second kappa shape index (κ2) is 7.00. The third-order valence-corrected chi connectivity index (χ3v) is 4.52. The van der Waals surface area contributed by atoms with E-state index < -0.39 is 12.0 Å². The van der Waals surface area contributed by atoms with Crippen LogP contribution in [0.15, 0.2) is 30.3 Å². The maximum absolute atomic E-state index is 12.4. The first-order valence-electron chi connectivity index (χ1n) is 8.19. The summed E-state index contributed by atoms with van der Waals surface area (Å²) in [7, 11) is 0. The number of carbonyl (C=O) groups excluding carboxylic acids is 1. The Bertz CT molecular complexity index is 551. The van der Waals surface area contributed by atoms with Gasteiger partial charge in [-0.25, -0.2) is 9.59 Å². The van der Waals surface area contributed by atoms with E-state index in [-0.39, 0.29) is 6.03 Å². The van der Waals surface area contributed by atoms with Gasteiger partial charge < -0.3 is 15.3 Å². The summed E-state index contributed by atoms with van der Waals surface area (Å²) in [5, 5.41) is 12.0. The summed E-state index contributed by atoms with van der Waals surface area (Å²) < 4.78 is 0. The summed E-state index contributed by atoms with van der Waals surface area (Å²) in [4.78, 5) is 27.9. The van der Waals surface area contributed by atoms with Gasteiger partial charge in [0.05, 0.1) is 0 Å². The van der Waals surface area contributed by atoms with Crippen LogP contribution in [0.3, 0.4) is 0 Å². The average molecular weight is 317 g/mol. The van der Waals surface area contributed by atoms with E-state index in [0.717, 1.165) is 25.6 Å². The third kappa shape index (κ3) is 4.22. The largest absolute Gasteiger partial charge is 0.479 e. The zero-order chi connectivity index (χ0) is 16.2. The Hall–Kier alpha value is -2.08. The Morgan fingerprint density at radius 3 is 2.35 bits per heavy atom. The minimum Gasteiger partial charge on any atom is -0.479 e. The molecule has 1 heterocycles. The molecule has 0 bridgehead atoms. The molecule has 2 amide bonds. The van der Waals surface area contributed by atoms with Crippen LogP contribution in [0.5, 0.6) is 0 Å². The fourth-order valence-electron chi connectivity index (χ4n) is 2.95. The standard InChI is InChI=1S/C17H23N3O3/c21-16(22)15(14-4-2-1-3-5-14)18-17(23)20-10-8-19(9-11-20)12-13-6-7-13/h1-5,13,15H,6-12H2,(H,18,23)(H,21,22). The molecule has 2 aliphatic rings. The number of hydrogen-bond acceptors (Lipinski definition) is 3. The monoisotopic (exact) mass is 317 g/mol. The summed E-state index contributed by atoms with van der Waals surface area (Å²) in [5.74, 6) is -0.193. The van der Waals surface area contributed by atoms with E-state index in [4.69, 9.17) is 0 Å². The molecule has 3 rings (SSSR count). The molecule has 1 aromatic carbocycles. The van der Waals surface area contributed by atoms with Crippen LogP contribution in [0.1, 0.15) is 24.4 Å². The molecule has 2 fully saturated rings. The van der Waals surface area contributed by atoms with Gasteiger partial charge in [-0.1, -0.05) is 30.3 Å². The number of rotatable bonds is 5. The van der Waals surface area contributed by atoms with Gasteiger partial charge >= 0.3 is 12.0 Å². The van der Waals surface area contributed by atoms with Gasteiger partial charge in [0.25, 0.3) is 0 Å². The molecule has 1 atom stereocenters. The van der Waals surface area contributed by atoms with E-state index in [1.807, 2.05) is 6.07 Å². The Morgan fingerprint density at radius 1 is 1.13 bits per heavy atom. The summed E-state index contributed by atoms with van der Waals surface area (Å²) in [6.07, 6.45) is 2.66. The van der Waals surface area contributed by atoms with Crippen molar-refractivity contribution in [3.63, 3.8) is 0 Å². The van der Waals surface area contributed by atoms with Crippen LogP contribution in [0.4, 0.5) is 4.79 Å². The number of urea groups is 1. The maximum atomic E-state index is 12.4. The molecule has 23 heavy (non-hydrogen) atoms. The maximum Gasteiger partial charge on any atom is 0.330 e. The molecule has 0 radical (unpaired) electrons. The van der Waals surface area contributed by atoms with E-state index in [1.54, 1.807) is 29.2 Å². The van der Waals surface area contributed by atoms with Crippen LogP contribution in [-0.2, 0) is 4.79 Å². The Kier molecular flexibility index (Phi) is 4.81. The second-order valence-electron chi connectivity index (χ2n) is 6.36. The molecular weight excluding hydrogens is 294 g/mol. The van der Waals surface area contributed by atoms with Crippen LogP contribution >= 0.6 is 0 Å². The summed E-state index contributed by atoms with van der Waals surface area (Å²) >= 11 is 0. The molecular formula is C17H23N3O3. The molecule has 1 aliphatic heterocycles. The van der Waals surface area contributed by atoms with E-state index in [9.17, 15) is 14.7 Å². The van der Waals surface area contributed by atoms with Crippen molar-refractivity contribution in [3.8, 4) is 0 Å². The predicted molar refractivity (Wildman–Crippen MR) is 86.1 cm³/mol. The lowest BCUT2D eigenvalue weighted by molar-refractivity contribution is -0.139. The first-order valence-corrected chi connectivity index (χ1v) is 8.19. The normalized spacial score (nSPS) is 20.1. The van der Waals surface area contributed by atoms with Gasteiger partial charge in [-0.15, -0.1) is 0 Å². The lowest BCUT2D eigenvalue weighted by atomic mass is 10.1. The van der Waals surface area contributed by atoms with Crippen LogP contribution < -0.4 is 5.32 Å². The number of aliphatic carboxylic acids is 1. The number of carboxylic acids is 1. The van der Waals surface area contributed by atoms with Crippen molar-refractivity contribution in [2.75, 3.05) is 32.7 Å². The minimum atomic E-state index is -1.04. The lowest BCUT2D eigenvalue weighted by Crippen LogP contribution is -2.53. The molecule has 124 valence electrons. The zero-order valence-corrected chi connectivity index (χ0v) is 13.1. The number of carbonyl (C=O) groups is 2. The third-order valence-electron chi connectivity index (χ3n) is 4.52.